The highest BCUT2D eigenvalue weighted by atomic mass is 16.5. The summed E-state index contributed by atoms with van der Waals surface area (Å²) in [5.74, 6) is 1.32. The third-order valence-electron chi connectivity index (χ3n) is 5.92. The first kappa shape index (κ1) is 23.6. The molecule has 1 atom stereocenters. The van der Waals surface area contributed by atoms with Gasteiger partial charge < -0.3 is 19.7 Å². The Balaban J connectivity index is 1.54. The minimum Gasteiger partial charge on any atom is -0.493 e. The second kappa shape index (κ2) is 11.0. The third-order valence-corrected chi connectivity index (χ3v) is 5.92. The van der Waals surface area contributed by atoms with Gasteiger partial charge in [0.15, 0.2) is 11.5 Å². The highest BCUT2D eigenvalue weighted by molar-refractivity contribution is 5.94. The van der Waals surface area contributed by atoms with Crippen LogP contribution in [-0.2, 0) is 11.3 Å². The Morgan fingerprint density at radius 1 is 1.00 bits per heavy atom. The monoisotopic (exact) mass is 439 g/mol. The zero-order chi connectivity index (χ0) is 23.1. The predicted octanol–water partition coefficient (Wildman–Crippen LogP) is 2.87. The van der Waals surface area contributed by atoms with Gasteiger partial charge >= 0.3 is 0 Å². The number of rotatable bonds is 7. The van der Waals surface area contributed by atoms with Crippen LogP contribution < -0.4 is 14.8 Å². The van der Waals surface area contributed by atoms with Gasteiger partial charge in [0.2, 0.25) is 5.91 Å². The molecule has 1 unspecified atom stereocenters. The highest BCUT2D eigenvalue weighted by Gasteiger charge is 2.26. The molecular weight excluding hydrogens is 406 g/mol. The summed E-state index contributed by atoms with van der Waals surface area (Å²) >= 11 is 0. The molecule has 32 heavy (non-hydrogen) atoms. The van der Waals surface area contributed by atoms with Gasteiger partial charge in [-0.25, -0.2) is 0 Å². The average molecular weight is 440 g/mol. The molecule has 1 N–H and O–H groups in total. The predicted molar refractivity (Wildman–Crippen MR) is 124 cm³/mol. The van der Waals surface area contributed by atoms with Gasteiger partial charge in [0.05, 0.1) is 20.3 Å². The van der Waals surface area contributed by atoms with E-state index in [1.54, 1.807) is 14.2 Å². The summed E-state index contributed by atoms with van der Waals surface area (Å²) in [6.07, 6.45) is 0.838. The summed E-state index contributed by atoms with van der Waals surface area (Å²) in [7, 11) is 3.19. The number of aryl methyl sites for hydroxylation is 1. The molecule has 3 rings (SSSR count). The number of benzene rings is 2. The standard InChI is InChI=1S/C25H33N3O4/c1-18-7-5-8-21(15-18)25(30)28-12-6-11-27(13-14-28)19(2)24(29)26-17-20-9-10-22(31-3)23(16-20)32-4/h5,7-10,15-16,19H,6,11-14,17H2,1-4H3,(H,26,29). The molecule has 0 bridgehead atoms. The van der Waals surface area contributed by atoms with Crippen molar-refractivity contribution in [2.45, 2.75) is 32.9 Å². The van der Waals surface area contributed by atoms with Gasteiger partial charge in [0.25, 0.3) is 5.91 Å². The second-order valence-electron chi connectivity index (χ2n) is 8.13. The fourth-order valence-corrected chi connectivity index (χ4v) is 3.98. The molecule has 1 saturated heterocycles. The first-order valence-electron chi connectivity index (χ1n) is 11.0. The van der Waals surface area contributed by atoms with E-state index in [1.807, 2.05) is 61.2 Å². The van der Waals surface area contributed by atoms with E-state index in [-0.39, 0.29) is 17.9 Å². The van der Waals surface area contributed by atoms with E-state index >= 15 is 0 Å². The van der Waals surface area contributed by atoms with Crippen molar-refractivity contribution in [3.8, 4) is 11.5 Å². The number of methoxy groups -OCH3 is 2. The number of carbonyl (C=O) groups is 2. The van der Waals surface area contributed by atoms with Crippen molar-refractivity contribution in [3.05, 3.63) is 59.2 Å². The van der Waals surface area contributed by atoms with Crippen LogP contribution in [0.4, 0.5) is 0 Å². The lowest BCUT2D eigenvalue weighted by molar-refractivity contribution is -0.126. The summed E-state index contributed by atoms with van der Waals surface area (Å²) in [5.41, 5.74) is 2.74. The molecule has 0 spiro atoms. The average Bonchev–Trinajstić information content (AvgIpc) is 3.07. The number of nitrogens with one attached hydrogen (secondary N) is 1. The van der Waals surface area contributed by atoms with E-state index in [4.69, 9.17) is 9.47 Å². The van der Waals surface area contributed by atoms with Crippen LogP contribution in [0.1, 0.15) is 34.8 Å². The number of amides is 2. The second-order valence-corrected chi connectivity index (χ2v) is 8.13. The van der Waals surface area contributed by atoms with Crippen molar-refractivity contribution in [2.75, 3.05) is 40.4 Å². The summed E-state index contributed by atoms with van der Waals surface area (Å²) in [4.78, 5) is 29.7. The lowest BCUT2D eigenvalue weighted by Crippen LogP contribution is -2.46. The van der Waals surface area contributed by atoms with Gasteiger partial charge in [0.1, 0.15) is 0 Å². The highest BCUT2D eigenvalue weighted by Crippen LogP contribution is 2.27. The molecule has 2 aromatic rings. The van der Waals surface area contributed by atoms with Crippen molar-refractivity contribution in [1.29, 1.82) is 0 Å². The maximum absolute atomic E-state index is 12.9. The van der Waals surface area contributed by atoms with Crippen LogP contribution in [0.5, 0.6) is 11.5 Å². The first-order chi connectivity index (χ1) is 15.4. The SMILES string of the molecule is COc1ccc(CNC(=O)C(C)N2CCCN(C(=O)c3cccc(C)c3)CC2)cc1OC. The summed E-state index contributed by atoms with van der Waals surface area (Å²) in [6.45, 7) is 7.08. The molecule has 7 nitrogen and oxygen atoms in total. The summed E-state index contributed by atoms with van der Waals surface area (Å²) < 4.78 is 10.6. The molecule has 0 radical (unpaired) electrons. The van der Waals surface area contributed by atoms with Crippen molar-refractivity contribution < 1.29 is 19.1 Å². The molecule has 1 heterocycles. The van der Waals surface area contributed by atoms with Crippen molar-refractivity contribution in [2.24, 2.45) is 0 Å². The van der Waals surface area contributed by atoms with Gasteiger partial charge in [-0.15, -0.1) is 0 Å². The van der Waals surface area contributed by atoms with Crippen LogP contribution in [0, 0.1) is 6.92 Å². The largest absolute Gasteiger partial charge is 0.493 e. The first-order valence-corrected chi connectivity index (χ1v) is 11.0. The Kier molecular flexibility index (Phi) is 8.11. The molecule has 1 aliphatic rings. The quantitative estimate of drug-likeness (QED) is 0.718. The molecule has 1 aliphatic heterocycles. The number of hydrogen-bond acceptors (Lipinski definition) is 5. The smallest absolute Gasteiger partial charge is 0.253 e. The van der Waals surface area contributed by atoms with Crippen LogP contribution in [0.2, 0.25) is 0 Å². The van der Waals surface area contributed by atoms with Gasteiger partial charge in [-0.05, 0) is 50.1 Å². The molecule has 172 valence electrons. The fourth-order valence-electron chi connectivity index (χ4n) is 3.98. The molecule has 0 aliphatic carbocycles. The van der Waals surface area contributed by atoms with E-state index < -0.39 is 0 Å². The maximum Gasteiger partial charge on any atom is 0.253 e. The molecule has 1 fully saturated rings. The Bertz CT molecular complexity index is 947. The van der Waals surface area contributed by atoms with E-state index in [9.17, 15) is 9.59 Å². The number of carbonyl (C=O) groups excluding carboxylic acids is 2. The Morgan fingerprint density at radius 3 is 2.50 bits per heavy atom. The zero-order valence-electron chi connectivity index (χ0n) is 19.4. The molecule has 0 saturated carbocycles. The minimum absolute atomic E-state index is 0.0294. The van der Waals surface area contributed by atoms with Crippen LogP contribution in [-0.4, -0.2) is 68.1 Å². The fraction of sp³-hybridized carbons (Fsp3) is 0.440. The van der Waals surface area contributed by atoms with Crippen LogP contribution >= 0.6 is 0 Å². The van der Waals surface area contributed by atoms with Crippen LogP contribution in [0.25, 0.3) is 0 Å². The van der Waals surface area contributed by atoms with Gasteiger partial charge in [-0.3, -0.25) is 14.5 Å². The normalized spacial score (nSPS) is 15.6. The van der Waals surface area contributed by atoms with Crippen LogP contribution in [0.15, 0.2) is 42.5 Å². The maximum atomic E-state index is 12.9. The van der Waals surface area contributed by atoms with E-state index in [1.165, 1.54) is 0 Å². The summed E-state index contributed by atoms with van der Waals surface area (Å²) in [5, 5.41) is 3.01. The molecule has 2 amide bonds. The number of nitrogens with zero attached hydrogens (tertiary/aromatic N) is 2. The van der Waals surface area contributed by atoms with Crippen LogP contribution in [0.3, 0.4) is 0 Å². The van der Waals surface area contributed by atoms with Crippen molar-refractivity contribution >= 4 is 11.8 Å². The lowest BCUT2D eigenvalue weighted by Gasteiger charge is -2.27. The molecule has 0 aromatic heterocycles. The van der Waals surface area contributed by atoms with Gasteiger partial charge in [-0.2, -0.15) is 0 Å². The van der Waals surface area contributed by atoms with Crippen molar-refractivity contribution in [3.63, 3.8) is 0 Å². The summed E-state index contributed by atoms with van der Waals surface area (Å²) in [6, 6.07) is 13.0. The number of hydrogen-bond donors (Lipinski definition) is 1. The van der Waals surface area contributed by atoms with E-state index in [0.29, 0.717) is 37.7 Å². The topological polar surface area (TPSA) is 71.1 Å². The molecule has 7 heteroatoms. The van der Waals surface area contributed by atoms with Gasteiger partial charge in [-0.1, -0.05) is 23.8 Å². The Morgan fingerprint density at radius 2 is 1.78 bits per heavy atom. The van der Waals surface area contributed by atoms with E-state index in [0.717, 1.165) is 29.7 Å². The van der Waals surface area contributed by atoms with Crippen molar-refractivity contribution in [1.82, 2.24) is 15.1 Å². The zero-order valence-corrected chi connectivity index (χ0v) is 19.4. The van der Waals surface area contributed by atoms with Gasteiger partial charge in [0, 0.05) is 38.3 Å². The molecular formula is C25H33N3O4. The number of ether oxygens (including phenoxy) is 2. The Labute approximate surface area is 190 Å². The van der Waals surface area contributed by atoms with E-state index in [2.05, 4.69) is 10.2 Å². The lowest BCUT2D eigenvalue weighted by atomic mass is 10.1. The third kappa shape index (κ3) is 5.79. The molecule has 2 aromatic carbocycles. The Hall–Kier alpha value is -3.06. The minimum atomic E-state index is -0.274.